The number of hydrogen-bond acceptors (Lipinski definition) is 2. The SMILES string of the molecule is CC1(C)c2ccccc2-c2c(-c3cc(-c4ccc(-c5ccc(-c6c7ccccc7cc7c6ccc6ccccc67)cc5)c5ccccc45)nc(-c4ccccc4)n3)cccc21. The van der Waals surface area contributed by atoms with Crippen LogP contribution in [0, 0.1) is 0 Å². The minimum Gasteiger partial charge on any atom is -0.228 e. The van der Waals surface area contributed by atoms with Crippen LogP contribution in [0.15, 0.2) is 206 Å². The Hall–Kier alpha value is -7.68. The summed E-state index contributed by atoms with van der Waals surface area (Å²) in [4.78, 5) is 10.6. The fourth-order valence-electron chi connectivity index (χ4n) is 10.1. The number of nitrogens with zero attached hydrogens (tertiary/aromatic N) is 2. The molecule has 0 spiro atoms. The van der Waals surface area contributed by atoms with E-state index in [9.17, 15) is 0 Å². The van der Waals surface area contributed by atoms with E-state index in [0.29, 0.717) is 5.82 Å². The first-order valence-corrected chi connectivity index (χ1v) is 21.2. The van der Waals surface area contributed by atoms with Crippen LogP contribution < -0.4 is 0 Å². The van der Waals surface area contributed by atoms with Crippen molar-refractivity contribution in [3.05, 3.63) is 217 Å². The Balaban J connectivity index is 1.01. The minimum absolute atomic E-state index is 0.109. The summed E-state index contributed by atoms with van der Waals surface area (Å²) in [6.07, 6.45) is 0. The Morgan fingerprint density at radius 1 is 0.311 bits per heavy atom. The Morgan fingerprint density at radius 2 is 0.902 bits per heavy atom. The van der Waals surface area contributed by atoms with E-state index in [4.69, 9.17) is 9.97 Å². The van der Waals surface area contributed by atoms with E-state index in [-0.39, 0.29) is 5.41 Å². The fourth-order valence-corrected chi connectivity index (χ4v) is 10.1. The minimum atomic E-state index is -0.109. The van der Waals surface area contributed by atoms with Gasteiger partial charge in [0.1, 0.15) is 0 Å². The maximum atomic E-state index is 5.32. The van der Waals surface area contributed by atoms with Crippen LogP contribution in [0.25, 0.3) is 110 Å². The number of benzene rings is 10. The second-order valence-corrected chi connectivity index (χ2v) is 16.9. The lowest BCUT2D eigenvalue weighted by Gasteiger charge is -2.21. The lowest BCUT2D eigenvalue weighted by molar-refractivity contribution is 0.660. The van der Waals surface area contributed by atoms with Crippen molar-refractivity contribution in [3.8, 4) is 67.3 Å². The zero-order valence-electron chi connectivity index (χ0n) is 34.0. The molecule has 12 rings (SSSR count). The Bertz CT molecular complexity index is 3540. The normalized spacial score (nSPS) is 12.9. The molecule has 0 saturated carbocycles. The van der Waals surface area contributed by atoms with Gasteiger partial charge in [0.2, 0.25) is 0 Å². The molecule has 0 atom stereocenters. The van der Waals surface area contributed by atoms with Crippen molar-refractivity contribution in [1.82, 2.24) is 9.97 Å². The van der Waals surface area contributed by atoms with Gasteiger partial charge in [-0.2, -0.15) is 0 Å². The summed E-state index contributed by atoms with van der Waals surface area (Å²) < 4.78 is 0. The van der Waals surface area contributed by atoms with Crippen LogP contribution >= 0.6 is 0 Å². The number of aromatic nitrogens is 2. The van der Waals surface area contributed by atoms with E-state index in [2.05, 4.69) is 214 Å². The summed E-state index contributed by atoms with van der Waals surface area (Å²) in [5, 5.41) is 9.95. The molecule has 0 bridgehead atoms. The zero-order chi connectivity index (χ0) is 40.7. The summed E-state index contributed by atoms with van der Waals surface area (Å²) in [7, 11) is 0. The van der Waals surface area contributed by atoms with E-state index in [0.717, 1.165) is 33.5 Å². The van der Waals surface area contributed by atoms with Gasteiger partial charge in [-0.05, 0) is 99.7 Å². The second-order valence-electron chi connectivity index (χ2n) is 16.9. The van der Waals surface area contributed by atoms with Crippen molar-refractivity contribution >= 4 is 43.1 Å². The maximum Gasteiger partial charge on any atom is 0.160 e. The molecule has 0 aliphatic heterocycles. The lowest BCUT2D eigenvalue weighted by Crippen LogP contribution is -2.14. The van der Waals surface area contributed by atoms with Crippen LogP contribution in [0.1, 0.15) is 25.0 Å². The molecular weight excluding hydrogens is 737 g/mol. The zero-order valence-corrected chi connectivity index (χ0v) is 34.0. The van der Waals surface area contributed by atoms with Gasteiger partial charge < -0.3 is 0 Å². The van der Waals surface area contributed by atoms with Crippen LogP contribution in [0.4, 0.5) is 0 Å². The molecular formula is C59H40N2. The molecule has 2 heteroatoms. The van der Waals surface area contributed by atoms with E-state index in [1.54, 1.807) is 0 Å². The average Bonchev–Trinajstić information content (AvgIpc) is 3.56. The molecule has 1 heterocycles. The highest BCUT2D eigenvalue weighted by Crippen LogP contribution is 2.52. The molecule has 1 aliphatic rings. The Kier molecular flexibility index (Phi) is 7.92. The van der Waals surface area contributed by atoms with Gasteiger partial charge in [-0.1, -0.05) is 208 Å². The molecule has 0 unspecified atom stereocenters. The van der Waals surface area contributed by atoms with Crippen molar-refractivity contribution < 1.29 is 0 Å². The van der Waals surface area contributed by atoms with Crippen LogP contribution in [-0.4, -0.2) is 9.97 Å². The molecule has 0 radical (unpaired) electrons. The molecule has 2 nitrogen and oxygen atoms in total. The first kappa shape index (κ1) is 35.3. The van der Waals surface area contributed by atoms with Gasteiger partial charge in [0.15, 0.2) is 5.82 Å². The molecule has 11 aromatic rings. The summed E-state index contributed by atoms with van der Waals surface area (Å²) in [5.74, 6) is 0.717. The van der Waals surface area contributed by atoms with Crippen molar-refractivity contribution in [2.75, 3.05) is 0 Å². The van der Waals surface area contributed by atoms with Crippen LogP contribution in [0.5, 0.6) is 0 Å². The summed E-state index contributed by atoms with van der Waals surface area (Å²) >= 11 is 0. The van der Waals surface area contributed by atoms with Crippen molar-refractivity contribution in [2.45, 2.75) is 19.3 Å². The van der Waals surface area contributed by atoms with Gasteiger partial charge in [0.25, 0.3) is 0 Å². The highest BCUT2D eigenvalue weighted by Gasteiger charge is 2.37. The third-order valence-corrected chi connectivity index (χ3v) is 13.1. The van der Waals surface area contributed by atoms with Gasteiger partial charge in [-0.15, -0.1) is 0 Å². The van der Waals surface area contributed by atoms with Gasteiger partial charge >= 0.3 is 0 Å². The second kappa shape index (κ2) is 13.7. The maximum absolute atomic E-state index is 5.32. The molecule has 0 amide bonds. The molecule has 1 aromatic heterocycles. The highest BCUT2D eigenvalue weighted by molar-refractivity contribution is 6.20. The Labute approximate surface area is 355 Å². The van der Waals surface area contributed by atoms with E-state index < -0.39 is 0 Å². The van der Waals surface area contributed by atoms with E-state index >= 15 is 0 Å². The summed E-state index contributed by atoms with van der Waals surface area (Å²) in [6, 6.07) is 75.0. The predicted molar refractivity (Wildman–Crippen MR) is 257 cm³/mol. The van der Waals surface area contributed by atoms with E-state index in [1.807, 2.05) is 6.07 Å². The number of rotatable bonds is 5. The predicted octanol–water partition coefficient (Wildman–Crippen LogP) is 15.7. The first-order valence-electron chi connectivity index (χ1n) is 21.2. The largest absolute Gasteiger partial charge is 0.228 e. The van der Waals surface area contributed by atoms with Gasteiger partial charge in [-0.25, -0.2) is 9.97 Å². The number of hydrogen-bond donors (Lipinski definition) is 0. The quantitative estimate of drug-likeness (QED) is 0.128. The van der Waals surface area contributed by atoms with Crippen LogP contribution in [0.3, 0.4) is 0 Å². The molecule has 0 fully saturated rings. The molecule has 0 N–H and O–H groups in total. The fraction of sp³-hybridized carbons (Fsp3) is 0.0508. The summed E-state index contributed by atoms with van der Waals surface area (Å²) in [6.45, 7) is 4.66. The third-order valence-electron chi connectivity index (χ3n) is 13.1. The molecule has 286 valence electrons. The number of fused-ring (bicyclic) bond motifs is 8. The molecule has 10 aromatic carbocycles. The molecule has 1 aliphatic carbocycles. The standard InChI is InChI=1S/C59H40N2/c1-59(2)52-25-13-12-23-49(52)57-50(24-14-26-53(57)59)55-36-54(60-58(61-55)40-16-4-3-5-17-40)47-34-33-43(45-21-10-11-22-46(45)47)38-27-29-39(30-28-38)56-44-20-9-7-18-41(44)35-51-42-19-8-6-15-37(42)31-32-48(51)56/h3-36H,1-2H3. The monoisotopic (exact) mass is 776 g/mol. The van der Waals surface area contributed by atoms with Crippen LogP contribution in [-0.2, 0) is 5.41 Å². The Morgan fingerprint density at radius 3 is 1.70 bits per heavy atom. The molecule has 0 saturated heterocycles. The average molecular weight is 777 g/mol. The first-order chi connectivity index (χ1) is 30.0. The smallest absolute Gasteiger partial charge is 0.160 e. The van der Waals surface area contributed by atoms with Gasteiger partial charge in [0, 0.05) is 22.1 Å². The van der Waals surface area contributed by atoms with Crippen molar-refractivity contribution in [1.29, 1.82) is 0 Å². The van der Waals surface area contributed by atoms with Crippen molar-refractivity contribution in [3.63, 3.8) is 0 Å². The third kappa shape index (κ3) is 5.56. The molecule has 61 heavy (non-hydrogen) atoms. The van der Waals surface area contributed by atoms with Crippen molar-refractivity contribution in [2.24, 2.45) is 0 Å². The van der Waals surface area contributed by atoms with Gasteiger partial charge in [0.05, 0.1) is 11.4 Å². The summed E-state index contributed by atoms with van der Waals surface area (Å²) in [5.41, 5.74) is 15.0. The van der Waals surface area contributed by atoms with E-state index in [1.165, 1.54) is 82.2 Å². The highest BCUT2D eigenvalue weighted by atomic mass is 14.9. The lowest BCUT2D eigenvalue weighted by atomic mass is 9.82. The van der Waals surface area contributed by atoms with Crippen LogP contribution in [0.2, 0.25) is 0 Å². The van der Waals surface area contributed by atoms with Gasteiger partial charge in [-0.3, -0.25) is 0 Å². The topological polar surface area (TPSA) is 25.8 Å².